The molecule has 166 valence electrons. The third kappa shape index (κ3) is 5.20. The van der Waals surface area contributed by atoms with Gasteiger partial charge in [-0.2, -0.15) is 0 Å². The summed E-state index contributed by atoms with van der Waals surface area (Å²) < 4.78 is 14.1. The Kier molecular flexibility index (Phi) is 7.23. The Balaban J connectivity index is 1.46. The fourth-order valence-corrected chi connectivity index (χ4v) is 4.07. The molecule has 0 aliphatic carbocycles. The highest BCUT2D eigenvalue weighted by Crippen LogP contribution is 2.28. The van der Waals surface area contributed by atoms with Crippen LogP contribution >= 0.6 is 23.2 Å². The number of halogens is 2. The molecule has 0 amide bonds. The number of ether oxygens (including phenoxy) is 2. The zero-order valence-corrected chi connectivity index (χ0v) is 19.7. The lowest BCUT2D eigenvalue weighted by Crippen LogP contribution is -2.13. The molecule has 0 aliphatic rings. The lowest BCUT2D eigenvalue weighted by molar-refractivity contribution is 0.272. The van der Waals surface area contributed by atoms with Crippen molar-refractivity contribution in [1.29, 1.82) is 0 Å². The molecular weight excluding hydrogens is 443 g/mol. The highest BCUT2D eigenvalue weighted by Gasteiger charge is 2.12. The van der Waals surface area contributed by atoms with E-state index in [1.54, 1.807) is 18.2 Å². The van der Waals surface area contributed by atoms with Crippen molar-refractivity contribution in [2.45, 2.75) is 39.3 Å². The third-order valence-corrected chi connectivity index (χ3v) is 6.16. The van der Waals surface area contributed by atoms with Gasteiger partial charge in [0.2, 0.25) is 0 Å². The van der Waals surface area contributed by atoms with Gasteiger partial charge in [0.15, 0.2) is 0 Å². The van der Waals surface area contributed by atoms with Crippen LogP contribution in [-0.4, -0.2) is 16.2 Å². The molecule has 0 saturated carbocycles. The minimum absolute atomic E-state index is 0.291. The Morgan fingerprint density at radius 3 is 2.50 bits per heavy atom. The standard InChI is InChI=1S/C26H26Cl2N2O2/c1-3-18(2)19-8-11-21(12-9-19)31-15-14-30-24-7-5-4-6-23(24)29-26(30)17-32-25-13-10-20(27)16-22(25)28/h4-13,16,18H,3,14-15,17H2,1-2H3. The van der Waals surface area contributed by atoms with E-state index in [1.165, 1.54) is 5.56 Å². The van der Waals surface area contributed by atoms with E-state index in [4.69, 9.17) is 37.7 Å². The average molecular weight is 469 g/mol. The largest absolute Gasteiger partial charge is 0.492 e. The molecule has 4 aromatic rings. The molecule has 0 N–H and O–H groups in total. The number of nitrogens with zero attached hydrogens (tertiary/aromatic N) is 2. The lowest BCUT2D eigenvalue weighted by atomic mass is 9.99. The van der Waals surface area contributed by atoms with Crippen molar-refractivity contribution >= 4 is 34.2 Å². The van der Waals surface area contributed by atoms with Crippen molar-refractivity contribution in [2.75, 3.05) is 6.61 Å². The van der Waals surface area contributed by atoms with Gasteiger partial charge in [0, 0.05) is 5.02 Å². The van der Waals surface area contributed by atoms with E-state index in [1.807, 2.05) is 30.3 Å². The average Bonchev–Trinajstić information content (AvgIpc) is 3.16. The summed E-state index contributed by atoms with van der Waals surface area (Å²) in [6, 6.07) is 21.6. The summed E-state index contributed by atoms with van der Waals surface area (Å²) in [4.78, 5) is 4.75. The second-order valence-electron chi connectivity index (χ2n) is 7.76. The maximum atomic E-state index is 6.25. The summed E-state index contributed by atoms with van der Waals surface area (Å²) in [6.07, 6.45) is 1.12. The van der Waals surface area contributed by atoms with Gasteiger partial charge in [0.1, 0.15) is 30.5 Å². The second kappa shape index (κ2) is 10.3. The van der Waals surface area contributed by atoms with Crippen LogP contribution in [0.25, 0.3) is 11.0 Å². The molecule has 1 aromatic heterocycles. The van der Waals surface area contributed by atoms with E-state index in [-0.39, 0.29) is 0 Å². The normalized spacial score (nSPS) is 12.1. The highest BCUT2D eigenvalue weighted by molar-refractivity contribution is 6.35. The minimum Gasteiger partial charge on any atom is -0.492 e. The van der Waals surface area contributed by atoms with Gasteiger partial charge in [-0.15, -0.1) is 0 Å². The van der Waals surface area contributed by atoms with Crippen molar-refractivity contribution in [3.8, 4) is 11.5 Å². The number of benzene rings is 3. The molecule has 1 heterocycles. The summed E-state index contributed by atoms with van der Waals surface area (Å²) in [7, 11) is 0. The first-order valence-corrected chi connectivity index (χ1v) is 11.6. The summed E-state index contributed by atoms with van der Waals surface area (Å²) in [5.41, 5.74) is 3.30. The third-order valence-electron chi connectivity index (χ3n) is 5.63. The Hall–Kier alpha value is -2.69. The van der Waals surface area contributed by atoms with Crippen molar-refractivity contribution in [3.63, 3.8) is 0 Å². The van der Waals surface area contributed by atoms with Crippen LogP contribution in [0.4, 0.5) is 0 Å². The van der Waals surface area contributed by atoms with Crippen molar-refractivity contribution < 1.29 is 9.47 Å². The maximum absolute atomic E-state index is 6.25. The fraction of sp³-hybridized carbons (Fsp3) is 0.269. The van der Waals surface area contributed by atoms with Crippen molar-refractivity contribution in [1.82, 2.24) is 9.55 Å². The Morgan fingerprint density at radius 2 is 1.75 bits per heavy atom. The monoisotopic (exact) mass is 468 g/mol. The van der Waals surface area contributed by atoms with Crippen molar-refractivity contribution in [2.24, 2.45) is 0 Å². The minimum atomic E-state index is 0.291. The Bertz CT molecular complexity index is 1190. The maximum Gasteiger partial charge on any atom is 0.148 e. The number of hydrogen-bond acceptors (Lipinski definition) is 3. The number of rotatable bonds is 9. The van der Waals surface area contributed by atoms with Gasteiger partial charge >= 0.3 is 0 Å². The molecule has 3 aromatic carbocycles. The van der Waals surface area contributed by atoms with Crippen LogP contribution in [0, 0.1) is 0 Å². The van der Waals surface area contributed by atoms with Gasteiger partial charge in [-0.1, -0.05) is 61.3 Å². The van der Waals surface area contributed by atoms with E-state index >= 15 is 0 Å². The summed E-state index contributed by atoms with van der Waals surface area (Å²) in [6.45, 7) is 5.91. The van der Waals surface area contributed by atoms with Crippen LogP contribution in [0.15, 0.2) is 66.7 Å². The van der Waals surface area contributed by atoms with E-state index < -0.39 is 0 Å². The summed E-state index contributed by atoms with van der Waals surface area (Å²) in [5, 5.41) is 1.05. The molecule has 1 unspecified atom stereocenters. The first kappa shape index (κ1) is 22.5. The molecule has 0 spiro atoms. The van der Waals surface area contributed by atoms with Gasteiger partial charge in [0.05, 0.1) is 22.6 Å². The lowest BCUT2D eigenvalue weighted by Gasteiger charge is -2.13. The predicted molar refractivity (Wildman–Crippen MR) is 131 cm³/mol. The highest BCUT2D eigenvalue weighted by atomic mass is 35.5. The number of aromatic nitrogens is 2. The molecule has 32 heavy (non-hydrogen) atoms. The van der Waals surface area contributed by atoms with Crippen LogP contribution in [0.2, 0.25) is 10.0 Å². The molecule has 4 nitrogen and oxygen atoms in total. The molecule has 4 rings (SSSR count). The fourth-order valence-electron chi connectivity index (χ4n) is 3.60. The molecule has 0 aliphatic heterocycles. The Morgan fingerprint density at radius 1 is 0.969 bits per heavy atom. The predicted octanol–water partition coefficient (Wildman–Crippen LogP) is 7.51. The topological polar surface area (TPSA) is 36.3 Å². The molecular formula is C26H26Cl2N2O2. The van der Waals surface area contributed by atoms with Crippen LogP contribution in [0.3, 0.4) is 0 Å². The van der Waals surface area contributed by atoms with E-state index in [0.29, 0.717) is 41.5 Å². The first-order valence-electron chi connectivity index (χ1n) is 10.8. The molecule has 0 bridgehead atoms. The van der Waals surface area contributed by atoms with Gasteiger partial charge in [-0.25, -0.2) is 4.98 Å². The number of imidazole rings is 1. The van der Waals surface area contributed by atoms with Crippen LogP contribution < -0.4 is 9.47 Å². The summed E-state index contributed by atoms with van der Waals surface area (Å²) >= 11 is 12.2. The SMILES string of the molecule is CCC(C)c1ccc(OCCn2c(COc3ccc(Cl)cc3Cl)nc3ccccc32)cc1. The van der Waals surface area contributed by atoms with Gasteiger partial charge in [-0.3, -0.25) is 0 Å². The van der Waals surface area contributed by atoms with Crippen LogP contribution in [0.5, 0.6) is 11.5 Å². The molecule has 1 atom stereocenters. The molecule has 0 saturated heterocycles. The number of fused-ring (bicyclic) bond motifs is 1. The first-order chi connectivity index (χ1) is 15.5. The van der Waals surface area contributed by atoms with Crippen molar-refractivity contribution in [3.05, 3.63) is 88.2 Å². The zero-order valence-electron chi connectivity index (χ0n) is 18.2. The van der Waals surface area contributed by atoms with Crippen LogP contribution in [0.1, 0.15) is 37.6 Å². The molecule has 0 radical (unpaired) electrons. The number of para-hydroxylation sites is 2. The van der Waals surface area contributed by atoms with E-state index in [0.717, 1.165) is 29.0 Å². The van der Waals surface area contributed by atoms with Crippen LogP contribution in [-0.2, 0) is 13.2 Å². The Labute approximate surface area is 198 Å². The van der Waals surface area contributed by atoms with E-state index in [2.05, 4.69) is 36.6 Å². The van der Waals surface area contributed by atoms with Gasteiger partial charge in [-0.05, 0) is 60.4 Å². The molecule has 6 heteroatoms. The summed E-state index contributed by atoms with van der Waals surface area (Å²) in [5.74, 6) is 2.81. The quantitative estimate of drug-likeness (QED) is 0.254. The number of hydrogen-bond donors (Lipinski definition) is 0. The smallest absolute Gasteiger partial charge is 0.148 e. The van der Waals surface area contributed by atoms with E-state index in [9.17, 15) is 0 Å². The molecule has 0 fully saturated rings. The zero-order chi connectivity index (χ0) is 22.5. The van der Waals surface area contributed by atoms with Gasteiger partial charge in [0.25, 0.3) is 0 Å². The second-order valence-corrected chi connectivity index (χ2v) is 8.60. The van der Waals surface area contributed by atoms with Gasteiger partial charge < -0.3 is 14.0 Å².